The molecule has 27 heavy (non-hydrogen) atoms. The van der Waals surface area contributed by atoms with E-state index in [1.54, 1.807) is 14.2 Å². The molecule has 2 aromatic carbocycles. The fourth-order valence-corrected chi connectivity index (χ4v) is 4.26. The van der Waals surface area contributed by atoms with Gasteiger partial charge in [-0.15, -0.1) is 0 Å². The third-order valence-electron chi connectivity index (χ3n) is 5.26. The van der Waals surface area contributed by atoms with Gasteiger partial charge in [-0.3, -0.25) is 4.99 Å². The van der Waals surface area contributed by atoms with Crippen LogP contribution in [-0.4, -0.2) is 31.1 Å². The van der Waals surface area contributed by atoms with Crippen LogP contribution in [0.2, 0.25) is 0 Å². The zero-order valence-electron chi connectivity index (χ0n) is 17.0. The molecular weight excluding hydrogens is 338 g/mol. The lowest BCUT2D eigenvalue weighted by Gasteiger charge is -2.31. The minimum atomic E-state index is -0.260. The van der Waals surface area contributed by atoms with E-state index in [1.807, 2.05) is 18.2 Å². The molecule has 0 radical (unpaired) electrons. The molecule has 2 heterocycles. The van der Waals surface area contributed by atoms with E-state index in [0.29, 0.717) is 0 Å². The third kappa shape index (κ3) is 2.97. The van der Waals surface area contributed by atoms with Crippen molar-refractivity contribution < 1.29 is 14.2 Å². The maximum Gasteiger partial charge on any atom is 0.166 e. The molecule has 4 heteroatoms. The Morgan fingerprint density at radius 1 is 0.963 bits per heavy atom. The SMILES string of the molecule is COc1ccccc1C1=NC(C)(C)Cc2cc(OC)c3c(c21)CC(C)(C)O3. The van der Waals surface area contributed by atoms with Gasteiger partial charge >= 0.3 is 0 Å². The molecule has 0 atom stereocenters. The number of ether oxygens (including phenoxy) is 3. The van der Waals surface area contributed by atoms with Crippen molar-refractivity contribution in [3.63, 3.8) is 0 Å². The number of fused-ring (bicyclic) bond motifs is 3. The number of nitrogens with zero attached hydrogens (tertiary/aromatic N) is 1. The highest BCUT2D eigenvalue weighted by atomic mass is 16.5. The predicted molar refractivity (Wildman–Crippen MR) is 108 cm³/mol. The molecule has 0 aromatic heterocycles. The van der Waals surface area contributed by atoms with Gasteiger partial charge in [0.05, 0.1) is 25.5 Å². The van der Waals surface area contributed by atoms with Crippen LogP contribution in [0.25, 0.3) is 0 Å². The van der Waals surface area contributed by atoms with E-state index in [1.165, 1.54) is 16.7 Å². The second kappa shape index (κ2) is 6.01. The Kier molecular flexibility index (Phi) is 3.99. The van der Waals surface area contributed by atoms with Crippen LogP contribution in [0, 0.1) is 0 Å². The van der Waals surface area contributed by atoms with E-state index < -0.39 is 0 Å². The van der Waals surface area contributed by atoms with Crippen LogP contribution in [0.15, 0.2) is 35.3 Å². The molecule has 2 aliphatic heterocycles. The standard InChI is InChI=1S/C23H27NO3/c1-22(2)12-14-11-18(26-6)21-16(13-23(3,4)27-21)19(14)20(24-22)15-9-7-8-10-17(15)25-5/h7-11H,12-13H2,1-6H3. The van der Waals surface area contributed by atoms with Crippen LogP contribution in [0.4, 0.5) is 0 Å². The molecule has 0 saturated carbocycles. The highest BCUT2D eigenvalue weighted by Crippen LogP contribution is 2.48. The zero-order valence-corrected chi connectivity index (χ0v) is 17.0. The first-order chi connectivity index (χ1) is 12.7. The van der Waals surface area contributed by atoms with Crippen molar-refractivity contribution in [3.8, 4) is 17.2 Å². The van der Waals surface area contributed by atoms with Crippen LogP contribution in [-0.2, 0) is 12.8 Å². The second-order valence-corrected chi connectivity index (χ2v) is 8.61. The molecule has 0 spiro atoms. The Labute approximate surface area is 161 Å². The molecule has 0 bridgehead atoms. The Hall–Kier alpha value is -2.49. The number of hydrogen-bond donors (Lipinski definition) is 0. The average Bonchev–Trinajstić information content (AvgIpc) is 2.94. The molecule has 0 N–H and O–H groups in total. The normalized spacial score (nSPS) is 18.8. The number of rotatable bonds is 3. The van der Waals surface area contributed by atoms with Gasteiger partial charge in [0, 0.05) is 23.1 Å². The number of hydrogen-bond acceptors (Lipinski definition) is 4. The molecule has 0 amide bonds. The van der Waals surface area contributed by atoms with Gasteiger partial charge in [-0.05, 0) is 57.9 Å². The monoisotopic (exact) mass is 365 g/mol. The first-order valence-corrected chi connectivity index (χ1v) is 9.40. The van der Waals surface area contributed by atoms with Crippen molar-refractivity contribution in [2.75, 3.05) is 14.2 Å². The molecule has 0 aliphatic carbocycles. The van der Waals surface area contributed by atoms with Gasteiger partial charge in [0.15, 0.2) is 11.5 Å². The van der Waals surface area contributed by atoms with E-state index >= 15 is 0 Å². The Morgan fingerprint density at radius 2 is 1.67 bits per heavy atom. The van der Waals surface area contributed by atoms with Gasteiger partial charge in [-0.1, -0.05) is 12.1 Å². The lowest BCUT2D eigenvalue weighted by molar-refractivity contribution is 0.134. The summed E-state index contributed by atoms with van der Waals surface area (Å²) in [7, 11) is 3.42. The summed E-state index contributed by atoms with van der Waals surface area (Å²) in [5.74, 6) is 2.50. The van der Waals surface area contributed by atoms with Crippen LogP contribution in [0.1, 0.15) is 49.9 Å². The van der Waals surface area contributed by atoms with Crippen molar-refractivity contribution in [3.05, 3.63) is 52.6 Å². The number of aliphatic imine (C=N–C) groups is 1. The molecule has 0 unspecified atom stereocenters. The largest absolute Gasteiger partial charge is 0.496 e. The fourth-order valence-electron chi connectivity index (χ4n) is 4.26. The summed E-state index contributed by atoms with van der Waals surface area (Å²) >= 11 is 0. The molecule has 142 valence electrons. The second-order valence-electron chi connectivity index (χ2n) is 8.61. The van der Waals surface area contributed by atoms with Crippen molar-refractivity contribution >= 4 is 5.71 Å². The minimum absolute atomic E-state index is 0.197. The smallest absolute Gasteiger partial charge is 0.166 e. The Bertz CT molecular complexity index is 941. The van der Waals surface area contributed by atoms with Gasteiger partial charge in [-0.25, -0.2) is 0 Å². The topological polar surface area (TPSA) is 40.0 Å². The minimum Gasteiger partial charge on any atom is -0.496 e. The first-order valence-electron chi connectivity index (χ1n) is 9.40. The van der Waals surface area contributed by atoms with Gasteiger partial charge in [0.1, 0.15) is 11.4 Å². The summed E-state index contributed by atoms with van der Waals surface area (Å²) in [5.41, 5.74) is 5.17. The summed E-state index contributed by atoms with van der Waals surface area (Å²) in [6.45, 7) is 8.58. The molecule has 2 aromatic rings. The van der Waals surface area contributed by atoms with E-state index in [9.17, 15) is 0 Å². The van der Waals surface area contributed by atoms with Crippen LogP contribution >= 0.6 is 0 Å². The van der Waals surface area contributed by atoms with Crippen molar-refractivity contribution in [2.24, 2.45) is 4.99 Å². The fraction of sp³-hybridized carbons (Fsp3) is 0.435. The zero-order chi connectivity index (χ0) is 19.4. The van der Waals surface area contributed by atoms with E-state index in [2.05, 4.69) is 39.8 Å². The Morgan fingerprint density at radius 3 is 2.37 bits per heavy atom. The molecule has 4 rings (SSSR count). The third-order valence-corrected chi connectivity index (χ3v) is 5.26. The molecule has 4 nitrogen and oxygen atoms in total. The number of methoxy groups -OCH3 is 2. The van der Waals surface area contributed by atoms with Crippen molar-refractivity contribution in [2.45, 2.75) is 51.7 Å². The first kappa shape index (κ1) is 17.9. The number of benzene rings is 2. The van der Waals surface area contributed by atoms with Crippen molar-refractivity contribution in [1.29, 1.82) is 0 Å². The van der Waals surface area contributed by atoms with Gasteiger partial charge in [0.2, 0.25) is 0 Å². The quantitative estimate of drug-likeness (QED) is 0.799. The average molecular weight is 365 g/mol. The summed E-state index contributed by atoms with van der Waals surface area (Å²) in [6, 6.07) is 10.2. The maximum atomic E-state index is 6.26. The van der Waals surface area contributed by atoms with E-state index in [-0.39, 0.29) is 11.1 Å². The highest BCUT2D eigenvalue weighted by Gasteiger charge is 2.40. The van der Waals surface area contributed by atoms with E-state index in [0.717, 1.165) is 41.4 Å². The van der Waals surface area contributed by atoms with E-state index in [4.69, 9.17) is 19.2 Å². The van der Waals surface area contributed by atoms with Gasteiger partial charge in [0.25, 0.3) is 0 Å². The Balaban J connectivity index is 2.01. The summed E-state index contributed by atoms with van der Waals surface area (Å²) < 4.78 is 17.6. The lowest BCUT2D eigenvalue weighted by Crippen LogP contribution is -2.30. The molecule has 2 aliphatic rings. The molecule has 0 fully saturated rings. The number of para-hydroxylation sites is 1. The summed E-state index contributed by atoms with van der Waals surface area (Å²) in [5, 5.41) is 0. The predicted octanol–water partition coefficient (Wildman–Crippen LogP) is 4.59. The van der Waals surface area contributed by atoms with Crippen LogP contribution < -0.4 is 14.2 Å². The maximum absolute atomic E-state index is 6.26. The molecular formula is C23H27NO3. The van der Waals surface area contributed by atoms with Crippen molar-refractivity contribution in [1.82, 2.24) is 0 Å². The van der Waals surface area contributed by atoms with Crippen LogP contribution in [0.3, 0.4) is 0 Å². The van der Waals surface area contributed by atoms with Gasteiger partial charge < -0.3 is 14.2 Å². The summed E-state index contributed by atoms with van der Waals surface area (Å²) in [6.07, 6.45) is 1.70. The lowest BCUT2D eigenvalue weighted by atomic mass is 9.81. The summed E-state index contributed by atoms with van der Waals surface area (Å²) in [4.78, 5) is 5.16. The van der Waals surface area contributed by atoms with Crippen LogP contribution in [0.5, 0.6) is 17.2 Å². The van der Waals surface area contributed by atoms with Gasteiger partial charge in [-0.2, -0.15) is 0 Å². The molecule has 0 saturated heterocycles. The highest BCUT2D eigenvalue weighted by molar-refractivity contribution is 6.17.